The van der Waals surface area contributed by atoms with Gasteiger partial charge in [-0.05, 0) is 32.1 Å². The molecular formula is C8H16N2O3S. The second kappa shape index (κ2) is 3.44. The van der Waals surface area contributed by atoms with Crippen molar-refractivity contribution in [2.75, 3.05) is 6.54 Å². The van der Waals surface area contributed by atoms with E-state index < -0.39 is 15.8 Å². The molecule has 0 aromatic heterocycles. The maximum absolute atomic E-state index is 11.3. The fraction of sp³-hybridized carbons (Fsp3) is 1.00. The fourth-order valence-electron chi connectivity index (χ4n) is 1.45. The molecule has 0 bridgehead atoms. The molecule has 0 radical (unpaired) electrons. The number of nitrogens with one attached hydrogen (secondary N) is 2. The van der Waals surface area contributed by atoms with Crippen molar-refractivity contribution >= 4 is 10.2 Å². The Morgan fingerprint density at radius 2 is 2.00 bits per heavy atom. The van der Waals surface area contributed by atoms with Gasteiger partial charge in [-0.2, -0.15) is 17.9 Å². The molecule has 0 heterocycles. The average Bonchev–Trinajstić information content (AvgIpc) is 2.80. The maximum atomic E-state index is 11.3. The van der Waals surface area contributed by atoms with Crippen LogP contribution in [0.4, 0.5) is 0 Å². The van der Waals surface area contributed by atoms with Gasteiger partial charge in [0, 0.05) is 12.6 Å². The Kier molecular flexibility index (Phi) is 2.55. The summed E-state index contributed by atoms with van der Waals surface area (Å²) in [5, 5.41) is 9.67. The molecule has 2 aliphatic carbocycles. The first-order valence-corrected chi connectivity index (χ1v) is 6.47. The Bertz CT molecular complexity index is 307. The summed E-state index contributed by atoms with van der Waals surface area (Å²) >= 11 is 0. The van der Waals surface area contributed by atoms with E-state index in [1.54, 1.807) is 0 Å². The molecule has 0 aliphatic heterocycles. The van der Waals surface area contributed by atoms with Crippen molar-refractivity contribution in [3.63, 3.8) is 0 Å². The van der Waals surface area contributed by atoms with Crippen LogP contribution in [0.25, 0.3) is 0 Å². The van der Waals surface area contributed by atoms with Crippen LogP contribution < -0.4 is 9.44 Å². The SMILES string of the molecule is O=S(=O)(NCC1(O)CCC1)NC1CC1. The summed E-state index contributed by atoms with van der Waals surface area (Å²) in [7, 11) is -3.39. The van der Waals surface area contributed by atoms with E-state index >= 15 is 0 Å². The number of aliphatic hydroxyl groups is 1. The molecule has 0 aromatic carbocycles. The van der Waals surface area contributed by atoms with Crippen molar-refractivity contribution in [1.82, 2.24) is 9.44 Å². The van der Waals surface area contributed by atoms with Gasteiger partial charge >= 0.3 is 0 Å². The van der Waals surface area contributed by atoms with Gasteiger partial charge in [0.25, 0.3) is 10.2 Å². The van der Waals surface area contributed by atoms with E-state index in [0.717, 1.165) is 19.3 Å². The van der Waals surface area contributed by atoms with Gasteiger partial charge in [0.15, 0.2) is 0 Å². The molecule has 3 N–H and O–H groups in total. The summed E-state index contributed by atoms with van der Waals surface area (Å²) in [4.78, 5) is 0. The molecule has 6 heteroatoms. The third-order valence-electron chi connectivity index (χ3n) is 2.77. The largest absolute Gasteiger partial charge is 0.389 e. The molecule has 2 rings (SSSR count). The van der Waals surface area contributed by atoms with Crippen molar-refractivity contribution in [2.24, 2.45) is 0 Å². The van der Waals surface area contributed by atoms with Crippen molar-refractivity contribution < 1.29 is 13.5 Å². The normalized spacial score (nSPS) is 25.8. The van der Waals surface area contributed by atoms with E-state index in [-0.39, 0.29) is 12.6 Å². The fourth-order valence-corrected chi connectivity index (χ4v) is 2.67. The highest BCUT2D eigenvalue weighted by molar-refractivity contribution is 7.87. The zero-order chi connectivity index (χ0) is 10.2. The lowest BCUT2D eigenvalue weighted by Gasteiger charge is -2.36. The number of rotatable bonds is 5. The second-order valence-electron chi connectivity index (χ2n) is 4.29. The van der Waals surface area contributed by atoms with Gasteiger partial charge in [-0.15, -0.1) is 0 Å². The average molecular weight is 220 g/mol. The standard InChI is InChI=1S/C8H16N2O3S/c11-8(4-1-5-8)6-9-14(12,13)10-7-2-3-7/h7,9-11H,1-6H2. The molecule has 0 saturated heterocycles. The first kappa shape index (κ1) is 10.4. The van der Waals surface area contributed by atoms with Gasteiger partial charge in [-0.25, -0.2) is 0 Å². The van der Waals surface area contributed by atoms with Crippen LogP contribution in [-0.4, -0.2) is 31.7 Å². The molecule has 0 amide bonds. The molecule has 2 aliphatic rings. The van der Waals surface area contributed by atoms with Crippen molar-refractivity contribution in [2.45, 2.75) is 43.7 Å². The highest BCUT2D eigenvalue weighted by atomic mass is 32.2. The summed E-state index contributed by atoms with van der Waals surface area (Å²) < 4.78 is 27.6. The quantitative estimate of drug-likeness (QED) is 0.584. The molecule has 0 spiro atoms. The van der Waals surface area contributed by atoms with Crippen LogP contribution in [0, 0.1) is 0 Å². The van der Waals surface area contributed by atoms with Crippen LogP contribution in [0.5, 0.6) is 0 Å². The third kappa shape index (κ3) is 2.66. The monoisotopic (exact) mass is 220 g/mol. The molecule has 14 heavy (non-hydrogen) atoms. The Morgan fingerprint density at radius 1 is 1.36 bits per heavy atom. The molecule has 2 saturated carbocycles. The summed E-state index contributed by atoms with van der Waals surface area (Å²) in [5.74, 6) is 0. The van der Waals surface area contributed by atoms with Crippen LogP contribution in [-0.2, 0) is 10.2 Å². The lowest BCUT2D eigenvalue weighted by atomic mass is 9.81. The minimum absolute atomic E-state index is 0.114. The summed E-state index contributed by atoms with van der Waals surface area (Å²) in [5.41, 5.74) is -0.793. The molecule has 82 valence electrons. The minimum Gasteiger partial charge on any atom is -0.389 e. The molecule has 2 fully saturated rings. The number of hydrogen-bond acceptors (Lipinski definition) is 3. The van der Waals surface area contributed by atoms with Gasteiger partial charge in [-0.1, -0.05) is 0 Å². The molecule has 5 nitrogen and oxygen atoms in total. The highest BCUT2D eigenvalue weighted by Crippen LogP contribution is 2.30. The van der Waals surface area contributed by atoms with Gasteiger partial charge in [0.2, 0.25) is 0 Å². The third-order valence-corrected chi connectivity index (χ3v) is 3.94. The zero-order valence-corrected chi connectivity index (χ0v) is 8.81. The van der Waals surface area contributed by atoms with E-state index in [9.17, 15) is 13.5 Å². The molecular weight excluding hydrogens is 204 g/mol. The van der Waals surface area contributed by atoms with Gasteiger partial charge in [0.1, 0.15) is 0 Å². The van der Waals surface area contributed by atoms with E-state index in [1.807, 2.05) is 0 Å². The van der Waals surface area contributed by atoms with Crippen LogP contribution in [0.15, 0.2) is 0 Å². The lowest BCUT2D eigenvalue weighted by Crippen LogP contribution is -2.50. The maximum Gasteiger partial charge on any atom is 0.277 e. The van der Waals surface area contributed by atoms with Crippen LogP contribution in [0.3, 0.4) is 0 Å². The van der Waals surface area contributed by atoms with Crippen LogP contribution in [0.2, 0.25) is 0 Å². The van der Waals surface area contributed by atoms with Crippen molar-refractivity contribution in [3.8, 4) is 0 Å². The Labute approximate surface area is 84.1 Å². The highest BCUT2D eigenvalue weighted by Gasteiger charge is 2.36. The first-order chi connectivity index (χ1) is 6.49. The smallest absolute Gasteiger partial charge is 0.277 e. The molecule has 0 atom stereocenters. The van der Waals surface area contributed by atoms with Gasteiger partial charge in [0.05, 0.1) is 5.60 Å². The summed E-state index contributed by atoms with van der Waals surface area (Å²) in [6.07, 6.45) is 4.21. The topological polar surface area (TPSA) is 78.4 Å². The first-order valence-electron chi connectivity index (χ1n) is 4.98. The number of hydrogen-bond donors (Lipinski definition) is 3. The van der Waals surface area contributed by atoms with E-state index in [0.29, 0.717) is 12.8 Å². The van der Waals surface area contributed by atoms with E-state index in [1.165, 1.54) is 0 Å². The van der Waals surface area contributed by atoms with Crippen molar-refractivity contribution in [3.05, 3.63) is 0 Å². The lowest BCUT2D eigenvalue weighted by molar-refractivity contribution is -0.0271. The van der Waals surface area contributed by atoms with Crippen LogP contribution in [0.1, 0.15) is 32.1 Å². The Balaban J connectivity index is 1.77. The molecule has 0 unspecified atom stereocenters. The predicted molar refractivity (Wildman–Crippen MR) is 51.9 cm³/mol. The van der Waals surface area contributed by atoms with Gasteiger partial charge in [-0.3, -0.25) is 0 Å². The molecule has 0 aromatic rings. The minimum atomic E-state index is -3.39. The second-order valence-corrected chi connectivity index (χ2v) is 5.83. The predicted octanol–water partition coefficient (Wildman–Crippen LogP) is -0.512. The Morgan fingerprint density at radius 3 is 2.43 bits per heavy atom. The van der Waals surface area contributed by atoms with Crippen LogP contribution >= 0.6 is 0 Å². The van der Waals surface area contributed by atoms with E-state index in [2.05, 4.69) is 9.44 Å². The summed E-state index contributed by atoms with van der Waals surface area (Å²) in [6, 6.07) is 0.114. The van der Waals surface area contributed by atoms with E-state index in [4.69, 9.17) is 0 Å². The van der Waals surface area contributed by atoms with Crippen molar-refractivity contribution in [1.29, 1.82) is 0 Å². The zero-order valence-electron chi connectivity index (χ0n) is 7.99. The Hall–Kier alpha value is -0.170. The van der Waals surface area contributed by atoms with Gasteiger partial charge < -0.3 is 5.11 Å². The summed E-state index contributed by atoms with van der Waals surface area (Å²) in [6.45, 7) is 0.134.